The molecule has 38 heavy (non-hydrogen) atoms. The molecule has 0 radical (unpaired) electrons. The summed E-state index contributed by atoms with van der Waals surface area (Å²) in [4.78, 5) is 48.6. The monoisotopic (exact) mass is 567 g/mol. The minimum Gasteiger partial charge on any atom is -0.508 e. The van der Waals surface area contributed by atoms with E-state index in [1.165, 1.54) is 19.1 Å². The third kappa shape index (κ3) is 9.75. The van der Waals surface area contributed by atoms with Crippen molar-refractivity contribution in [3.05, 3.63) is 63.1 Å². The summed E-state index contributed by atoms with van der Waals surface area (Å²) in [6.07, 6.45) is -0.654. The average molecular weight is 568 g/mol. The van der Waals surface area contributed by atoms with Crippen molar-refractivity contribution in [2.24, 2.45) is 0 Å². The van der Waals surface area contributed by atoms with E-state index in [1.54, 1.807) is 45.0 Å². The number of nitrogens with one attached hydrogen (secondary N) is 3. The molecule has 0 spiro atoms. The lowest BCUT2D eigenvalue weighted by atomic mass is 9.94. The Hall–Kier alpha value is -3.50. The summed E-state index contributed by atoms with van der Waals surface area (Å²) in [6, 6.07) is 7.35. The molecule has 0 saturated carbocycles. The Bertz CT molecular complexity index is 1180. The number of hydrogen-bond acceptors (Lipinski definition) is 6. The first-order valence-electron chi connectivity index (χ1n) is 11.7. The molecule has 2 atom stereocenters. The lowest BCUT2D eigenvalue weighted by Crippen LogP contribution is -2.54. The molecule has 0 unspecified atom stereocenters. The lowest BCUT2D eigenvalue weighted by Gasteiger charge is -2.25. The molecule has 206 valence electrons. The molecule has 0 heterocycles. The Morgan fingerprint density at radius 3 is 2.18 bits per heavy atom. The van der Waals surface area contributed by atoms with Crippen LogP contribution in [0.2, 0.25) is 10.0 Å². The Morgan fingerprint density at radius 1 is 0.974 bits per heavy atom. The molecule has 0 fully saturated rings. The van der Waals surface area contributed by atoms with Crippen molar-refractivity contribution in [2.75, 3.05) is 6.54 Å². The van der Waals surface area contributed by atoms with Gasteiger partial charge in [-0.25, -0.2) is 4.79 Å². The van der Waals surface area contributed by atoms with Gasteiger partial charge >= 0.3 is 12.1 Å². The number of carbonyl (C=O) groups excluding carboxylic acids is 3. The van der Waals surface area contributed by atoms with Crippen molar-refractivity contribution in [1.29, 1.82) is 0 Å². The van der Waals surface area contributed by atoms with Crippen LogP contribution in [0.15, 0.2) is 36.4 Å². The van der Waals surface area contributed by atoms with Gasteiger partial charge < -0.3 is 30.9 Å². The SMILES string of the molecule is C[C@@H](NC(=O)[C@H](Cc1ccc(O)cc1Cc1c(Cl)cccc1Cl)NC(=O)OC(C)(C)C)C(=O)NCC(=O)O. The number of carboxylic acids is 1. The van der Waals surface area contributed by atoms with Crippen LogP contribution >= 0.6 is 23.2 Å². The molecule has 2 rings (SSSR count). The standard InChI is InChI=1S/C26H31Cl2N3O7/c1-14(23(35)29-13-22(33)34)30-24(36)21(31-25(37)38-26(2,3)4)12-15-8-9-17(32)10-16(15)11-18-19(27)6-5-7-20(18)28/h5-10,14,21,32H,11-13H2,1-4H3,(H,29,35)(H,30,36)(H,31,37)(H,33,34)/t14-,21+/m1/s1. The van der Waals surface area contributed by atoms with Gasteiger partial charge in [-0.05, 0) is 68.7 Å². The fourth-order valence-corrected chi connectivity index (χ4v) is 3.97. The first-order valence-corrected chi connectivity index (χ1v) is 12.4. The van der Waals surface area contributed by atoms with Crippen molar-refractivity contribution in [3.8, 4) is 5.75 Å². The first kappa shape index (κ1) is 30.7. The lowest BCUT2D eigenvalue weighted by molar-refractivity contribution is -0.138. The molecule has 12 heteroatoms. The normalized spacial score (nSPS) is 12.7. The van der Waals surface area contributed by atoms with Crippen molar-refractivity contribution in [1.82, 2.24) is 16.0 Å². The molecule has 0 aliphatic heterocycles. The highest BCUT2D eigenvalue weighted by molar-refractivity contribution is 6.36. The summed E-state index contributed by atoms with van der Waals surface area (Å²) in [5.41, 5.74) is 0.987. The van der Waals surface area contributed by atoms with Gasteiger partial charge in [0, 0.05) is 22.9 Å². The number of phenolic OH excluding ortho intramolecular Hbond substituents is 1. The summed E-state index contributed by atoms with van der Waals surface area (Å²) in [5.74, 6) is -2.67. The summed E-state index contributed by atoms with van der Waals surface area (Å²) >= 11 is 12.7. The van der Waals surface area contributed by atoms with E-state index in [4.69, 9.17) is 33.0 Å². The van der Waals surface area contributed by atoms with Crippen LogP contribution in [0.5, 0.6) is 5.75 Å². The van der Waals surface area contributed by atoms with E-state index in [1.807, 2.05) is 0 Å². The first-order chi connectivity index (χ1) is 17.7. The number of benzene rings is 2. The van der Waals surface area contributed by atoms with Crippen LogP contribution in [0.3, 0.4) is 0 Å². The predicted molar refractivity (Wildman–Crippen MR) is 142 cm³/mol. The van der Waals surface area contributed by atoms with E-state index in [9.17, 15) is 24.3 Å². The molecule has 0 bridgehead atoms. The summed E-state index contributed by atoms with van der Waals surface area (Å²) in [5, 5.41) is 26.9. The van der Waals surface area contributed by atoms with E-state index in [-0.39, 0.29) is 18.6 Å². The summed E-state index contributed by atoms with van der Waals surface area (Å²) < 4.78 is 5.30. The van der Waals surface area contributed by atoms with Crippen molar-refractivity contribution in [3.63, 3.8) is 0 Å². The Kier molecular flexibility index (Phi) is 10.8. The third-order valence-corrected chi connectivity index (χ3v) is 5.92. The summed E-state index contributed by atoms with van der Waals surface area (Å²) in [7, 11) is 0. The molecule has 5 N–H and O–H groups in total. The van der Waals surface area contributed by atoms with Crippen LogP contribution < -0.4 is 16.0 Å². The van der Waals surface area contributed by atoms with E-state index >= 15 is 0 Å². The van der Waals surface area contributed by atoms with E-state index in [0.717, 1.165) is 0 Å². The van der Waals surface area contributed by atoms with E-state index in [0.29, 0.717) is 26.7 Å². The van der Waals surface area contributed by atoms with Gasteiger partial charge in [-0.1, -0.05) is 35.3 Å². The van der Waals surface area contributed by atoms with Crippen LogP contribution in [0.25, 0.3) is 0 Å². The van der Waals surface area contributed by atoms with Crippen LogP contribution in [-0.2, 0) is 32.0 Å². The van der Waals surface area contributed by atoms with Gasteiger partial charge in [-0.2, -0.15) is 0 Å². The largest absolute Gasteiger partial charge is 0.508 e. The zero-order valence-corrected chi connectivity index (χ0v) is 22.9. The zero-order chi connectivity index (χ0) is 28.6. The minimum atomic E-state index is -1.24. The smallest absolute Gasteiger partial charge is 0.408 e. The zero-order valence-electron chi connectivity index (χ0n) is 21.4. The Morgan fingerprint density at radius 2 is 1.61 bits per heavy atom. The van der Waals surface area contributed by atoms with Gasteiger partial charge in [0.15, 0.2) is 0 Å². The van der Waals surface area contributed by atoms with Crippen molar-refractivity contribution < 1.29 is 34.1 Å². The molecular formula is C26H31Cl2N3O7. The Balaban J connectivity index is 2.34. The van der Waals surface area contributed by atoms with E-state index in [2.05, 4.69) is 16.0 Å². The molecule has 0 aliphatic rings. The second-order valence-electron chi connectivity index (χ2n) is 9.57. The van der Waals surface area contributed by atoms with Gasteiger partial charge in [-0.15, -0.1) is 0 Å². The van der Waals surface area contributed by atoms with Crippen LogP contribution in [0, 0.1) is 0 Å². The Labute approximate surface area is 230 Å². The molecule has 0 saturated heterocycles. The molecular weight excluding hydrogens is 537 g/mol. The highest BCUT2D eigenvalue weighted by Gasteiger charge is 2.28. The van der Waals surface area contributed by atoms with Gasteiger partial charge in [-0.3, -0.25) is 14.4 Å². The van der Waals surface area contributed by atoms with Crippen LogP contribution in [-0.4, -0.2) is 58.3 Å². The number of halogens is 2. The molecule has 10 nitrogen and oxygen atoms in total. The van der Waals surface area contributed by atoms with Crippen LogP contribution in [0.1, 0.15) is 44.4 Å². The maximum Gasteiger partial charge on any atom is 0.408 e. The number of amides is 3. The molecule has 2 aromatic carbocycles. The molecule has 0 aliphatic carbocycles. The predicted octanol–water partition coefficient (Wildman–Crippen LogP) is 3.43. The van der Waals surface area contributed by atoms with Gasteiger partial charge in [0.05, 0.1) is 0 Å². The average Bonchev–Trinajstić information content (AvgIpc) is 2.79. The van der Waals surface area contributed by atoms with Crippen molar-refractivity contribution in [2.45, 2.75) is 58.2 Å². The minimum absolute atomic E-state index is 0.0169. The number of alkyl carbamates (subject to hydrolysis) is 1. The molecule has 2 aromatic rings. The quantitative estimate of drug-likeness (QED) is 0.294. The third-order valence-electron chi connectivity index (χ3n) is 5.22. The second-order valence-corrected chi connectivity index (χ2v) is 10.4. The fourth-order valence-electron chi connectivity index (χ4n) is 3.44. The highest BCUT2D eigenvalue weighted by Crippen LogP contribution is 2.29. The van der Waals surface area contributed by atoms with E-state index < -0.39 is 48.1 Å². The van der Waals surface area contributed by atoms with Gasteiger partial charge in [0.2, 0.25) is 11.8 Å². The molecule has 0 aromatic heterocycles. The number of carboxylic acid groups (broad SMARTS) is 1. The number of hydrogen-bond donors (Lipinski definition) is 5. The number of aromatic hydroxyl groups is 1. The van der Waals surface area contributed by atoms with Crippen molar-refractivity contribution >= 4 is 47.1 Å². The topological polar surface area (TPSA) is 154 Å². The highest BCUT2D eigenvalue weighted by atomic mass is 35.5. The number of aliphatic carboxylic acids is 1. The second kappa shape index (κ2) is 13.3. The molecule has 3 amide bonds. The number of carbonyl (C=O) groups is 4. The number of rotatable bonds is 10. The fraction of sp³-hybridized carbons (Fsp3) is 0.385. The number of phenols is 1. The maximum atomic E-state index is 13.2. The van der Waals surface area contributed by atoms with Gasteiger partial charge in [0.1, 0.15) is 30.0 Å². The number of ether oxygens (including phenoxy) is 1. The van der Waals surface area contributed by atoms with Gasteiger partial charge in [0.25, 0.3) is 0 Å². The summed E-state index contributed by atoms with van der Waals surface area (Å²) in [6.45, 7) is 5.77. The maximum absolute atomic E-state index is 13.2. The van der Waals surface area contributed by atoms with Crippen LogP contribution in [0.4, 0.5) is 4.79 Å².